The molecule has 1 aliphatic heterocycles. The number of urea groups is 1. The fourth-order valence-electron chi connectivity index (χ4n) is 3.47. The molecular formula is C23H18BrN3O3. The Balaban J connectivity index is 1.76. The fraction of sp³-hybridized carbons (Fsp3) is 0.0870. The van der Waals surface area contributed by atoms with Crippen LogP contribution < -0.4 is 10.2 Å². The van der Waals surface area contributed by atoms with Gasteiger partial charge in [0.2, 0.25) is 0 Å². The lowest BCUT2D eigenvalue weighted by atomic mass is 10.1. The summed E-state index contributed by atoms with van der Waals surface area (Å²) in [7, 11) is 0. The minimum atomic E-state index is -0.754. The monoisotopic (exact) mass is 463 g/mol. The number of carbonyl (C=O) groups excluding carboxylic acids is 3. The van der Waals surface area contributed by atoms with Crippen LogP contribution in [0.5, 0.6) is 0 Å². The Kier molecular flexibility index (Phi) is 5.13. The van der Waals surface area contributed by atoms with Crippen molar-refractivity contribution in [3.63, 3.8) is 0 Å². The Labute approximate surface area is 181 Å². The Morgan fingerprint density at radius 3 is 2.23 bits per heavy atom. The number of imide groups is 2. The van der Waals surface area contributed by atoms with E-state index in [1.54, 1.807) is 18.2 Å². The molecule has 1 aliphatic rings. The maximum atomic E-state index is 13.1. The quantitative estimate of drug-likeness (QED) is 0.458. The number of carbonyl (C=O) groups is 3. The van der Waals surface area contributed by atoms with Gasteiger partial charge in [0.15, 0.2) is 0 Å². The topological polar surface area (TPSA) is 71.4 Å². The van der Waals surface area contributed by atoms with Gasteiger partial charge in [-0.1, -0.05) is 22.0 Å². The molecule has 0 saturated carbocycles. The van der Waals surface area contributed by atoms with E-state index in [2.05, 4.69) is 21.2 Å². The standard InChI is InChI=1S/C23H18BrN3O3/c1-14-10-15(2)12-19(11-14)27-22(29)20(21(28)25-23(27)30)13-18-4-3-9-26(18)17-7-5-16(24)6-8-17/h3-13H,1-2H3,(H,25,28,30)/b20-13+. The highest BCUT2D eigenvalue weighted by Gasteiger charge is 2.37. The molecule has 1 N–H and O–H groups in total. The summed E-state index contributed by atoms with van der Waals surface area (Å²) in [5.41, 5.74) is 3.67. The highest BCUT2D eigenvalue weighted by molar-refractivity contribution is 9.10. The third-order valence-electron chi connectivity index (χ3n) is 4.74. The number of nitrogens with one attached hydrogen (secondary N) is 1. The first-order valence-electron chi connectivity index (χ1n) is 9.26. The first kappa shape index (κ1) is 19.8. The predicted octanol–water partition coefficient (Wildman–Crippen LogP) is 4.52. The largest absolute Gasteiger partial charge is 0.335 e. The van der Waals surface area contributed by atoms with Gasteiger partial charge in [0, 0.05) is 22.1 Å². The molecule has 7 heteroatoms. The SMILES string of the molecule is Cc1cc(C)cc(N2C(=O)NC(=O)/C(=C\c3cccn3-c3ccc(Br)cc3)C2=O)c1. The third-order valence-corrected chi connectivity index (χ3v) is 5.27. The van der Waals surface area contributed by atoms with Gasteiger partial charge >= 0.3 is 6.03 Å². The van der Waals surface area contributed by atoms with Crippen molar-refractivity contribution in [2.45, 2.75) is 13.8 Å². The smallest absolute Gasteiger partial charge is 0.317 e. The average molecular weight is 464 g/mol. The maximum Gasteiger partial charge on any atom is 0.335 e. The van der Waals surface area contributed by atoms with Crippen LogP contribution in [0.3, 0.4) is 0 Å². The number of aromatic nitrogens is 1. The van der Waals surface area contributed by atoms with Crippen molar-refractivity contribution in [2.75, 3.05) is 4.90 Å². The van der Waals surface area contributed by atoms with Gasteiger partial charge in [0.25, 0.3) is 11.8 Å². The summed E-state index contributed by atoms with van der Waals surface area (Å²) >= 11 is 3.41. The Morgan fingerprint density at radius 1 is 0.900 bits per heavy atom. The maximum absolute atomic E-state index is 13.1. The molecule has 4 amide bonds. The van der Waals surface area contributed by atoms with E-state index in [4.69, 9.17) is 0 Å². The van der Waals surface area contributed by atoms with Gasteiger partial charge in [-0.2, -0.15) is 0 Å². The zero-order chi connectivity index (χ0) is 21.4. The number of halogens is 1. The predicted molar refractivity (Wildman–Crippen MR) is 118 cm³/mol. The number of benzene rings is 2. The number of barbiturate groups is 1. The molecule has 1 fully saturated rings. The van der Waals surface area contributed by atoms with Crippen LogP contribution in [0.2, 0.25) is 0 Å². The molecule has 0 spiro atoms. The molecule has 4 rings (SSSR count). The summed E-state index contributed by atoms with van der Waals surface area (Å²) in [5.74, 6) is -1.37. The van der Waals surface area contributed by atoms with Crippen molar-refractivity contribution >= 4 is 45.5 Å². The van der Waals surface area contributed by atoms with E-state index in [0.29, 0.717) is 11.4 Å². The van der Waals surface area contributed by atoms with Crippen LogP contribution in [-0.4, -0.2) is 22.4 Å². The molecule has 2 heterocycles. The van der Waals surface area contributed by atoms with Crippen LogP contribution in [-0.2, 0) is 9.59 Å². The van der Waals surface area contributed by atoms with Crippen molar-refractivity contribution in [3.05, 3.63) is 87.7 Å². The fourth-order valence-corrected chi connectivity index (χ4v) is 3.73. The molecule has 3 aromatic rings. The molecule has 150 valence electrons. The summed E-state index contributed by atoms with van der Waals surface area (Å²) in [6, 6.07) is 15.9. The molecule has 0 unspecified atom stereocenters. The van der Waals surface area contributed by atoms with Crippen LogP contribution >= 0.6 is 15.9 Å². The summed E-state index contributed by atoms with van der Waals surface area (Å²) in [6.45, 7) is 3.77. The van der Waals surface area contributed by atoms with E-state index in [1.807, 2.05) is 61.0 Å². The van der Waals surface area contributed by atoms with Crippen molar-refractivity contribution < 1.29 is 14.4 Å². The third kappa shape index (κ3) is 3.71. The lowest BCUT2D eigenvalue weighted by Crippen LogP contribution is -2.54. The molecule has 1 saturated heterocycles. The molecule has 6 nitrogen and oxygen atoms in total. The van der Waals surface area contributed by atoms with E-state index in [9.17, 15) is 14.4 Å². The summed E-state index contributed by atoms with van der Waals surface area (Å²) in [6.07, 6.45) is 3.34. The Bertz CT molecular complexity index is 1190. The molecule has 1 aromatic heterocycles. The second-order valence-electron chi connectivity index (χ2n) is 7.08. The molecule has 0 atom stereocenters. The zero-order valence-electron chi connectivity index (χ0n) is 16.3. The van der Waals surface area contributed by atoms with Crippen molar-refractivity contribution in [3.8, 4) is 5.69 Å². The number of anilines is 1. The van der Waals surface area contributed by atoms with Gasteiger partial charge in [-0.25, -0.2) is 9.69 Å². The normalized spacial score (nSPS) is 15.6. The number of rotatable bonds is 3. The first-order chi connectivity index (χ1) is 14.3. The van der Waals surface area contributed by atoms with Gasteiger partial charge < -0.3 is 4.57 Å². The lowest BCUT2D eigenvalue weighted by molar-refractivity contribution is -0.122. The second kappa shape index (κ2) is 7.76. The van der Waals surface area contributed by atoms with Crippen LogP contribution in [0, 0.1) is 13.8 Å². The number of hydrogen-bond acceptors (Lipinski definition) is 3. The minimum Gasteiger partial charge on any atom is -0.317 e. The number of hydrogen-bond donors (Lipinski definition) is 1. The van der Waals surface area contributed by atoms with Crippen molar-refractivity contribution in [1.82, 2.24) is 9.88 Å². The van der Waals surface area contributed by atoms with Gasteiger partial charge in [0.05, 0.1) is 5.69 Å². The molecule has 30 heavy (non-hydrogen) atoms. The summed E-state index contributed by atoms with van der Waals surface area (Å²) in [5, 5.41) is 2.27. The Morgan fingerprint density at radius 2 is 1.57 bits per heavy atom. The van der Waals surface area contributed by atoms with Crippen molar-refractivity contribution in [1.29, 1.82) is 0 Å². The van der Waals surface area contributed by atoms with Gasteiger partial charge in [-0.15, -0.1) is 0 Å². The molecule has 0 radical (unpaired) electrons. The summed E-state index contributed by atoms with van der Waals surface area (Å²) in [4.78, 5) is 39.1. The second-order valence-corrected chi connectivity index (χ2v) is 8.00. The first-order valence-corrected chi connectivity index (χ1v) is 10.1. The molecular weight excluding hydrogens is 446 g/mol. The van der Waals surface area contributed by atoms with Crippen molar-refractivity contribution in [2.24, 2.45) is 0 Å². The van der Waals surface area contributed by atoms with E-state index in [1.165, 1.54) is 6.08 Å². The molecule has 0 bridgehead atoms. The average Bonchev–Trinajstić information content (AvgIpc) is 3.13. The molecule has 0 aliphatic carbocycles. The van der Waals surface area contributed by atoms with E-state index >= 15 is 0 Å². The molecule has 2 aromatic carbocycles. The van der Waals surface area contributed by atoms with E-state index < -0.39 is 17.8 Å². The number of aryl methyl sites for hydroxylation is 2. The Hall–Kier alpha value is -3.45. The van der Waals surface area contributed by atoms with Crippen LogP contribution in [0.4, 0.5) is 10.5 Å². The minimum absolute atomic E-state index is 0.106. The van der Waals surface area contributed by atoms with Crippen LogP contribution in [0.15, 0.2) is 70.8 Å². The lowest BCUT2D eigenvalue weighted by Gasteiger charge is -2.27. The zero-order valence-corrected chi connectivity index (χ0v) is 17.9. The highest BCUT2D eigenvalue weighted by atomic mass is 79.9. The van der Waals surface area contributed by atoms with Gasteiger partial charge in [-0.05, 0) is 79.6 Å². The number of amides is 4. The van der Waals surface area contributed by atoms with Gasteiger partial charge in [-0.3, -0.25) is 14.9 Å². The van der Waals surface area contributed by atoms with E-state index in [-0.39, 0.29) is 5.57 Å². The van der Waals surface area contributed by atoms with E-state index in [0.717, 1.165) is 26.2 Å². The summed E-state index contributed by atoms with van der Waals surface area (Å²) < 4.78 is 2.81. The van der Waals surface area contributed by atoms with Crippen LogP contribution in [0.1, 0.15) is 16.8 Å². The highest BCUT2D eigenvalue weighted by Crippen LogP contribution is 2.25. The van der Waals surface area contributed by atoms with Gasteiger partial charge in [0.1, 0.15) is 5.57 Å². The number of nitrogens with zero attached hydrogens (tertiary/aromatic N) is 2. The van der Waals surface area contributed by atoms with Crippen LogP contribution in [0.25, 0.3) is 11.8 Å².